The molecule has 3 heteroatoms. The Balaban J connectivity index is 2.50. The van der Waals surface area contributed by atoms with Gasteiger partial charge in [-0.2, -0.15) is 11.3 Å². The maximum absolute atomic E-state index is 4.34. The molecule has 0 fully saturated rings. The highest BCUT2D eigenvalue weighted by atomic mass is 32.1. The summed E-state index contributed by atoms with van der Waals surface area (Å²) in [6.07, 6.45) is 1.93. The van der Waals surface area contributed by atoms with Gasteiger partial charge in [0.05, 0.1) is 0 Å². The minimum atomic E-state index is 1.14. The van der Waals surface area contributed by atoms with Crippen LogP contribution in [0.15, 0.2) is 17.0 Å². The zero-order valence-corrected chi connectivity index (χ0v) is 8.63. The molecule has 2 aromatic heterocycles. The normalized spacial score (nSPS) is 10.5. The maximum atomic E-state index is 4.34. The molecule has 0 aliphatic carbocycles. The summed E-state index contributed by atoms with van der Waals surface area (Å²) in [6, 6.07) is 0. The van der Waals surface area contributed by atoms with Crippen LogP contribution >= 0.6 is 22.7 Å². The van der Waals surface area contributed by atoms with Gasteiger partial charge in [-0.15, -0.1) is 11.3 Å². The molecular weight excluding hydrogens is 186 g/mol. The monoisotopic (exact) mass is 195 g/mol. The van der Waals surface area contributed by atoms with Gasteiger partial charge in [-0.25, -0.2) is 4.98 Å². The molecule has 0 amide bonds. The van der Waals surface area contributed by atoms with Crippen LogP contribution in [0.4, 0.5) is 0 Å². The standard InChI is InChI=1S/C9H9NS2/c1-6-4-11-5-8(6)9-10-3-7(2)12-9/h3-5H,1-2H3. The fourth-order valence-corrected chi connectivity index (χ4v) is 2.81. The molecule has 12 heavy (non-hydrogen) atoms. The third kappa shape index (κ3) is 1.30. The molecule has 0 radical (unpaired) electrons. The van der Waals surface area contributed by atoms with Crippen molar-refractivity contribution in [2.24, 2.45) is 0 Å². The van der Waals surface area contributed by atoms with E-state index in [0.29, 0.717) is 0 Å². The predicted octanol–water partition coefficient (Wildman–Crippen LogP) is 3.49. The van der Waals surface area contributed by atoms with Crippen molar-refractivity contribution < 1.29 is 0 Å². The number of nitrogens with zero attached hydrogens (tertiary/aromatic N) is 1. The minimum Gasteiger partial charge on any atom is -0.244 e. The van der Waals surface area contributed by atoms with Crippen LogP contribution in [0, 0.1) is 13.8 Å². The Bertz CT molecular complexity index is 387. The topological polar surface area (TPSA) is 12.9 Å². The summed E-state index contributed by atoms with van der Waals surface area (Å²) in [5.74, 6) is 0. The van der Waals surface area contributed by atoms with Crippen molar-refractivity contribution >= 4 is 22.7 Å². The van der Waals surface area contributed by atoms with Crippen LogP contribution < -0.4 is 0 Å². The predicted molar refractivity (Wildman–Crippen MR) is 54.9 cm³/mol. The summed E-state index contributed by atoms with van der Waals surface area (Å²) in [7, 11) is 0. The first-order valence-corrected chi connectivity index (χ1v) is 5.49. The number of rotatable bonds is 1. The van der Waals surface area contributed by atoms with E-state index in [1.54, 1.807) is 22.7 Å². The zero-order valence-electron chi connectivity index (χ0n) is 7.00. The molecule has 0 atom stereocenters. The lowest BCUT2D eigenvalue weighted by Crippen LogP contribution is -1.72. The molecule has 1 nitrogen and oxygen atoms in total. The van der Waals surface area contributed by atoms with Crippen LogP contribution in [0.1, 0.15) is 10.4 Å². The van der Waals surface area contributed by atoms with E-state index >= 15 is 0 Å². The van der Waals surface area contributed by atoms with E-state index in [1.165, 1.54) is 16.0 Å². The fourth-order valence-electron chi connectivity index (χ4n) is 1.06. The van der Waals surface area contributed by atoms with Gasteiger partial charge in [0.1, 0.15) is 5.01 Å². The molecule has 0 saturated heterocycles. The van der Waals surface area contributed by atoms with E-state index in [9.17, 15) is 0 Å². The van der Waals surface area contributed by atoms with Gasteiger partial charge in [0.15, 0.2) is 0 Å². The second kappa shape index (κ2) is 2.99. The third-order valence-electron chi connectivity index (χ3n) is 1.71. The number of hydrogen-bond donors (Lipinski definition) is 0. The SMILES string of the molecule is Cc1cnc(-c2cscc2C)s1. The molecule has 0 aliphatic rings. The molecule has 0 unspecified atom stereocenters. The Morgan fingerprint density at radius 2 is 2.08 bits per heavy atom. The number of aromatic nitrogens is 1. The number of aryl methyl sites for hydroxylation is 2. The van der Waals surface area contributed by atoms with E-state index in [-0.39, 0.29) is 0 Å². The summed E-state index contributed by atoms with van der Waals surface area (Å²) in [6.45, 7) is 4.21. The lowest BCUT2D eigenvalue weighted by molar-refractivity contribution is 1.37. The number of thiophene rings is 1. The van der Waals surface area contributed by atoms with Crippen molar-refractivity contribution in [1.29, 1.82) is 0 Å². The second-order valence-electron chi connectivity index (χ2n) is 2.74. The molecule has 0 aromatic carbocycles. The first-order valence-electron chi connectivity index (χ1n) is 3.73. The summed E-state index contributed by atoms with van der Waals surface area (Å²) >= 11 is 3.49. The number of thiazole rings is 1. The van der Waals surface area contributed by atoms with E-state index in [1.807, 2.05) is 6.20 Å². The van der Waals surface area contributed by atoms with E-state index < -0.39 is 0 Å². The molecule has 2 rings (SSSR count). The minimum absolute atomic E-state index is 1.14. The third-order valence-corrected chi connectivity index (χ3v) is 3.51. The van der Waals surface area contributed by atoms with Gasteiger partial charge < -0.3 is 0 Å². The van der Waals surface area contributed by atoms with Gasteiger partial charge in [0, 0.05) is 22.0 Å². The van der Waals surface area contributed by atoms with Gasteiger partial charge in [-0.1, -0.05) is 0 Å². The summed E-state index contributed by atoms with van der Waals surface area (Å²) in [5.41, 5.74) is 2.62. The first-order chi connectivity index (χ1) is 5.77. The molecule has 0 N–H and O–H groups in total. The Morgan fingerprint density at radius 1 is 1.25 bits per heavy atom. The van der Waals surface area contributed by atoms with Crippen molar-refractivity contribution in [2.45, 2.75) is 13.8 Å². The Hall–Kier alpha value is -0.670. The molecule has 62 valence electrons. The van der Waals surface area contributed by atoms with Crippen molar-refractivity contribution in [3.63, 3.8) is 0 Å². The first kappa shape index (κ1) is 7.95. The summed E-state index contributed by atoms with van der Waals surface area (Å²) in [4.78, 5) is 5.62. The molecule has 0 spiro atoms. The number of hydrogen-bond acceptors (Lipinski definition) is 3. The van der Waals surface area contributed by atoms with Crippen LogP contribution in [0.2, 0.25) is 0 Å². The van der Waals surface area contributed by atoms with Crippen LogP contribution in [-0.2, 0) is 0 Å². The summed E-state index contributed by atoms with van der Waals surface area (Å²) in [5, 5.41) is 5.46. The average Bonchev–Trinajstić information content (AvgIpc) is 2.58. The van der Waals surface area contributed by atoms with E-state index in [0.717, 1.165) is 5.01 Å². The highest BCUT2D eigenvalue weighted by Crippen LogP contribution is 2.29. The lowest BCUT2D eigenvalue weighted by Gasteiger charge is -1.90. The zero-order chi connectivity index (χ0) is 8.55. The van der Waals surface area contributed by atoms with Crippen LogP contribution in [-0.4, -0.2) is 4.98 Å². The lowest BCUT2D eigenvalue weighted by atomic mass is 10.2. The Morgan fingerprint density at radius 3 is 2.58 bits per heavy atom. The highest BCUT2D eigenvalue weighted by molar-refractivity contribution is 7.15. The quantitative estimate of drug-likeness (QED) is 0.678. The average molecular weight is 195 g/mol. The van der Waals surface area contributed by atoms with Crippen LogP contribution in [0.3, 0.4) is 0 Å². The van der Waals surface area contributed by atoms with E-state index in [4.69, 9.17) is 0 Å². The Labute approximate surface area is 79.7 Å². The molecular formula is C9H9NS2. The molecule has 0 aliphatic heterocycles. The molecule has 0 bridgehead atoms. The molecule has 2 aromatic rings. The van der Waals surface area contributed by atoms with Crippen molar-refractivity contribution in [3.05, 3.63) is 27.4 Å². The fraction of sp³-hybridized carbons (Fsp3) is 0.222. The van der Waals surface area contributed by atoms with Crippen molar-refractivity contribution in [3.8, 4) is 10.6 Å². The molecule has 0 saturated carbocycles. The molecule has 2 heterocycles. The highest BCUT2D eigenvalue weighted by Gasteiger charge is 2.05. The van der Waals surface area contributed by atoms with Crippen LogP contribution in [0.5, 0.6) is 0 Å². The largest absolute Gasteiger partial charge is 0.244 e. The van der Waals surface area contributed by atoms with Gasteiger partial charge >= 0.3 is 0 Å². The summed E-state index contributed by atoms with van der Waals surface area (Å²) < 4.78 is 0. The van der Waals surface area contributed by atoms with E-state index in [2.05, 4.69) is 29.6 Å². The smallest absolute Gasteiger partial charge is 0.124 e. The van der Waals surface area contributed by atoms with Gasteiger partial charge in [-0.05, 0) is 24.8 Å². The van der Waals surface area contributed by atoms with Crippen molar-refractivity contribution in [1.82, 2.24) is 4.98 Å². The van der Waals surface area contributed by atoms with Crippen LogP contribution in [0.25, 0.3) is 10.6 Å². The van der Waals surface area contributed by atoms with Crippen molar-refractivity contribution in [2.75, 3.05) is 0 Å². The van der Waals surface area contributed by atoms with Gasteiger partial charge in [0.25, 0.3) is 0 Å². The Kier molecular flexibility index (Phi) is 1.98. The second-order valence-corrected chi connectivity index (χ2v) is 4.72. The maximum Gasteiger partial charge on any atom is 0.124 e. The van der Waals surface area contributed by atoms with Gasteiger partial charge in [0.2, 0.25) is 0 Å². The van der Waals surface area contributed by atoms with Gasteiger partial charge in [-0.3, -0.25) is 0 Å².